The van der Waals surface area contributed by atoms with Crippen molar-refractivity contribution in [3.05, 3.63) is 119 Å². The summed E-state index contributed by atoms with van der Waals surface area (Å²) in [6.45, 7) is 0. The summed E-state index contributed by atoms with van der Waals surface area (Å²) in [4.78, 5) is 0. The van der Waals surface area contributed by atoms with Crippen LogP contribution >= 0.6 is 15.8 Å². The molecule has 4 fully saturated rings. The van der Waals surface area contributed by atoms with Crippen LogP contribution in [0.5, 0.6) is 0 Å². The third-order valence-corrected chi connectivity index (χ3v) is 24.1. The van der Waals surface area contributed by atoms with Crippen LogP contribution < -0.4 is 0 Å². The van der Waals surface area contributed by atoms with Crippen molar-refractivity contribution in [1.82, 2.24) is 0 Å². The van der Waals surface area contributed by atoms with Gasteiger partial charge >= 0.3 is 0 Å². The first-order valence-electron chi connectivity index (χ1n) is 23.3. The second-order valence-electron chi connectivity index (χ2n) is 18.7. The van der Waals surface area contributed by atoms with Gasteiger partial charge in [-0.3, -0.25) is 0 Å². The fraction of sp³-hybridized carbons (Fsp3) is 0.547. The zero-order valence-corrected chi connectivity index (χ0v) is 35.4. The van der Waals surface area contributed by atoms with E-state index in [1.807, 2.05) is 0 Å². The Morgan fingerprint density at radius 3 is 1.05 bits per heavy atom. The molecule has 0 radical (unpaired) electrons. The number of hydrogen-bond donors (Lipinski definition) is 0. The van der Waals surface area contributed by atoms with E-state index in [2.05, 4.69) is 97.1 Å². The molecule has 0 nitrogen and oxygen atoms in total. The second kappa shape index (κ2) is 16.9. The van der Waals surface area contributed by atoms with Gasteiger partial charge in [-0.2, -0.15) is 0 Å². The Labute approximate surface area is 336 Å². The summed E-state index contributed by atoms with van der Waals surface area (Å²) in [5, 5.41) is 0. The molecule has 55 heavy (non-hydrogen) atoms. The predicted octanol–water partition coefficient (Wildman–Crippen LogP) is 16.0. The Hall–Kier alpha value is -2.26. The highest BCUT2D eigenvalue weighted by molar-refractivity contribution is 7.64. The third-order valence-electron chi connectivity index (χ3n) is 15.8. The largest absolute Gasteiger partial charge is 0.0964 e. The minimum Gasteiger partial charge on any atom is -0.0964 e. The number of hydrogen-bond acceptors (Lipinski definition) is 0. The molecule has 0 amide bonds. The fourth-order valence-corrected chi connectivity index (χ4v) is 23.7. The lowest BCUT2D eigenvalue weighted by Crippen LogP contribution is -2.41. The van der Waals surface area contributed by atoms with E-state index in [1.165, 1.54) is 146 Å². The van der Waals surface area contributed by atoms with E-state index in [0.717, 1.165) is 34.0 Å². The quantitative estimate of drug-likeness (QED) is 0.141. The summed E-state index contributed by atoms with van der Waals surface area (Å²) < 4.78 is 0. The molecule has 0 saturated heterocycles. The second-order valence-corrected chi connectivity index (χ2v) is 24.7. The Kier molecular flexibility index (Phi) is 11.4. The van der Waals surface area contributed by atoms with Crippen LogP contribution in [0.3, 0.4) is 0 Å². The van der Waals surface area contributed by atoms with Gasteiger partial charge in [0, 0.05) is 11.8 Å². The SMILES string of the molecule is c1ccc2c(c1)-c1ccccc1C2CC(C(C1c2ccccc2-c2ccccc21)P(C1CCCCC1)C1CCCCC1)P(C1CCCCC1)C1CCCCC1. The Morgan fingerprint density at radius 2 is 0.673 bits per heavy atom. The molecule has 6 aliphatic carbocycles. The molecule has 0 aliphatic heterocycles. The van der Waals surface area contributed by atoms with E-state index >= 15 is 0 Å². The molecule has 0 spiro atoms. The summed E-state index contributed by atoms with van der Waals surface area (Å²) in [6.07, 6.45) is 31.3. The summed E-state index contributed by atoms with van der Waals surface area (Å²) >= 11 is 0. The fourth-order valence-electron chi connectivity index (χ4n) is 13.5. The van der Waals surface area contributed by atoms with Crippen LogP contribution in [0.2, 0.25) is 0 Å². The molecular weight excluding hydrogens is 699 g/mol. The number of fused-ring (bicyclic) bond motifs is 6. The van der Waals surface area contributed by atoms with Crippen LogP contribution in [0.1, 0.15) is 169 Å². The van der Waals surface area contributed by atoms with Crippen molar-refractivity contribution in [3.8, 4) is 22.3 Å². The van der Waals surface area contributed by atoms with Crippen molar-refractivity contribution in [2.24, 2.45) is 0 Å². The normalized spacial score (nSPS) is 22.7. The molecule has 0 N–H and O–H groups in total. The summed E-state index contributed by atoms with van der Waals surface area (Å²) in [5.74, 6) is 1.08. The highest BCUT2D eigenvalue weighted by atomic mass is 31.1. The highest BCUT2D eigenvalue weighted by Gasteiger charge is 2.52. The van der Waals surface area contributed by atoms with Gasteiger partial charge in [-0.25, -0.2) is 0 Å². The number of benzene rings is 4. The lowest BCUT2D eigenvalue weighted by atomic mass is 9.85. The zero-order valence-electron chi connectivity index (χ0n) is 33.6. The van der Waals surface area contributed by atoms with Crippen LogP contribution in [0.25, 0.3) is 22.3 Å². The van der Waals surface area contributed by atoms with Crippen LogP contribution in [-0.2, 0) is 0 Å². The van der Waals surface area contributed by atoms with Crippen LogP contribution in [-0.4, -0.2) is 34.0 Å². The topological polar surface area (TPSA) is 0 Å². The first kappa shape index (κ1) is 37.0. The summed E-state index contributed by atoms with van der Waals surface area (Å²) in [6, 6.07) is 39.2. The van der Waals surface area contributed by atoms with E-state index in [-0.39, 0.29) is 15.8 Å². The van der Waals surface area contributed by atoms with Crippen molar-refractivity contribution >= 4 is 15.8 Å². The molecule has 10 rings (SSSR count). The molecule has 2 atom stereocenters. The van der Waals surface area contributed by atoms with Crippen LogP contribution in [0.4, 0.5) is 0 Å². The summed E-state index contributed by atoms with van der Waals surface area (Å²) in [5.41, 5.74) is 18.4. The maximum Gasteiger partial charge on any atom is 0.0175 e. The van der Waals surface area contributed by atoms with Gasteiger partial charge in [0.25, 0.3) is 0 Å². The average molecular weight is 765 g/mol. The molecule has 0 bridgehead atoms. The Bertz CT molecular complexity index is 1760. The maximum atomic E-state index is 2.63. The standard InChI is InChI=1S/C53H66P2/c1-5-21-38(22-6-1)54(39-23-7-2-8-24-39)51(37-50-46-33-15-13-29-42(46)43-30-14-16-34-47(43)50)53(55(40-25-9-3-10-26-40)41-27-11-4-12-28-41)52-48-35-19-17-31-44(48)45-32-18-20-36-49(45)52/h13-20,29-36,38-41,50-53H,1-12,21-28,37H2. The Morgan fingerprint density at radius 1 is 0.364 bits per heavy atom. The smallest absolute Gasteiger partial charge is 0.0175 e. The lowest BCUT2D eigenvalue weighted by molar-refractivity contribution is 0.464. The van der Waals surface area contributed by atoms with Gasteiger partial charge in [0.1, 0.15) is 0 Å². The molecule has 4 aromatic carbocycles. The Balaban J connectivity index is 1.22. The van der Waals surface area contributed by atoms with Crippen molar-refractivity contribution in [1.29, 1.82) is 0 Å². The van der Waals surface area contributed by atoms with Crippen molar-refractivity contribution < 1.29 is 0 Å². The van der Waals surface area contributed by atoms with Crippen molar-refractivity contribution in [2.75, 3.05) is 0 Å². The highest BCUT2D eigenvalue weighted by Crippen LogP contribution is 2.73. The van der Waals surface area contributed by atoms with E-state index < -0.39 is 0 Å². The molecule has 4 saturated carbocycles. The third kappa shape index (κ3) is 7.16. The van der Waals surface area contributed by atoms with Crippen LogP contribution in [0.15, 0.2) is 97.1 Å². The predicted molar refractivity (Wildman–Crippen MR) is 241 cm³/mol. The van der Waals surface area contributed by atoms with E-state index in [9.17, 15) is 0 Å². The molecule has 6 aliphatic rings. The first-order valence-corrected chi connectivity index (χ1v) is 26.4. The minimum atomic E-state index is -0.173. The molecule has 0 heterocycles. The van der Waals surface area contributed by atoms with E-state index in [4.69, 9.17) is 0 Å². The maximum absolute atomic E-state index is 2.63. The molecular formula is C53H66P2. The monoisotopic (exact) mass is 764 g/mol. The average Bonchev–Trinajstić information content (AvgIpc) is 3.76. The van der Waals surface area contributed by atoms with Gasteiger partial charge in [0.2, 0.25) is 0 Å². The minimum absolute atomic E-state index is 0.147. The summed E-state index contributed by atoms with van der Waals surface area (Å²) in [7, 11) is -0.320. The van der Waals surface area contributed by atoms with Crippen LogP contribution in [0, 0.1) is 0 Å². The van der Waals surface area contributed by atoms with Gasteiger partial charge in [0.15, 0.2) is 0 Å². The zero-order chi connectivity index (χ0) is 36.6. The lowest BCUT2D eigenvalue weighted by Gasteiger charge is -2.53. The van der Waals surface area contributed by atoms with Crippen molar-refractivity contribution in [3.63, 3.8) is 0 Å². The van der Waals surface area contributed by atoms with Gasteiger partial charge in [-0.05, 0) is 136 Å². The molecule has 288 valence electrons. The molecule has 2 unspecified atom stereocenters. The number of rotatable bonds is 10. The van der Waals surface area contributed by atoms with Crippen molar-refractivity contribution in [2.45, 2.75) is 181 Å². The van der Waals surface area contributed by atoms with E-state index in [0.29, 0.717) is 11.8 Å². The van der Waals surface area contributed by atoms with Gasteiger partial charge in [0.05, 0.1) is 0 Å². The van der Waals surface area contributed by atoms with E-state index in [1.54, 1.807) is 33.4 Å². The molecule has 4 aromatic rings. The first-order chi connectivity index (χ1) is 27.3. The van der Waals surface area contributed by atoms with Gasteiger partial charge in [-0.15, -0.1) is 0 Å². The van der Waals surface area contributed by atoms with Gasteiger partial charge in [-0.1, -0.05) is 190 Å². The van der Waals surface area contributed by atoms with Gasteiger partial charge < -0.3 is 0 Å². The molecule has 0 aromatic heterocycles. The molecule has 2 heteroatoms.